The summed E-state index contributed by atoms with van der Waals surface area (Å²) in [5.41, 5.74) is 2.40. The molecule has 6 fully saturated rings. The second-order valence-corrected chi connectivity index (χ2v) is 23.1. The van der Waals surface area contributed by atoms with Crippen molar-refractivity contribution in [1.82, 2.24) is 29.9 Å². The Morgan fingerprint density at radius 3 is 0.776 bits per heavy atom. The maximum absolute atomic E-state index is 10.7. The Morgan fingerprint density at radius 2 is 0.526 bits per heavy atom. The van der Waals surface area contributed by atoms with Gasteiger partial charge < -0.3 is 44.7 Å². The molecule has 3 N–H and O–H groups in total. The van der Waals surface area contributed by atoms with E-state index in [9.17, 15) is 15.3 Å². The highest BCUT2D eigenvalue weighted by Crippen LogP contribution is 2.37. The van der Waals surface area contributed by atoms with Crippen molar-refractivity contribution in [3.63, 3.8) is 0 Å². The van der Waals surface area contributed by atoms with Crippen LogP contribution in [0.5, 0.6) is 17.2 Å². The minimum Gasteiger partial charge on any atom is -0.503 e. The van der Waals surface area contributed by atoms with Gasteiger partial charge in [0.1, 0.15) is 0 Å². The summed E-state index contributed by atoms with van der Waals surface area (Å²) in [6, 6.07) is 0. The van der Waals surface area contributed by atoms with Gasteiger partial charge in [-0.05, 0) is 71.1 Å². The van der Waals surface area contributed by atoms with Crippen LogP contribution in [0.3, 0.4) is 0 Å². The van der Waals surface area contributed by atoms with Crippen LogP contribution < -0.4 is 29.4 Å². The lowest BCUT2D eigenvalue weighted by Gasteiger charge is -2.35. The van der Waals surface area contributed by atoms with Gasteiger partial charge in [0.2, 0.25) is 17.8 Å². The van der Waals surface area contributed by atoms with E-state index in [0.717, 1.165) is 145 Å². The van der Waals surface area contributed by atoms with Crippen molar-refractivity contribution in [2.75, 3.05) is 108 Å². The average Bonchev–Trinajstić information content (AvgIpc) is 3.30. The summed E-state index contributed by atoms with van der Waals surface area (Å²) in [5, 5.41) is 31.4. The number of hydrogen-bond acceptors (Lipinski definition) is 15. The molecule has 3 aromatic rings. The second kappa shape index (κ2) is 33.0. The van der Waals surface area contributed by atoms with Crippen molar-refractivity contribution < 1.29 is 15.3 Å². The zero-order valence-electron chi connectivity index (χ0n) is 48.2. The molecule has 0 saturated carbocycles. The first kappa shape index (κ1) is 59.1. The monoisotopic (exact) mass is 1050 g/mol. The van der Waals surface area contributed by atoms with Crippen LogP contribution in [-0.4, -0.2) is 124 Å². The lowest BCUT2D eigenvalue weighted by Crippen LogP contribution is -2.41. The number of hydrogen-bond donors (Lipinski definition) is 3. The molecule has 426 valence electrons. The van der Waals surface area contributed by atoms with Crippen LogP contribution in [0, 0.1) is 6.92 Å². The number of aromatic hydroxyl groups is 3. The molecule has 0 aromatic carbocycles. The summed E-state index contributed by atoms with van der Waals surface area (Å²) in [6.45, 7) is 18.6. The van der Waals surface area contributed by atoms with Crippen LogP contribution in [0.1, 0.15) is 236 Å². The fraction of sp³-hybridized carbons (Fsp3) is 0.803. The van der Waals surface area contributed by atoms with Crippen LogP contribution in [0.4, 0.5) is 35.3 Å². The van der Waals surface area contributed by atoms with Crippen molar-refractivity contribution in [2.45, 2.75) is 239 Å². The first-order chi connectivity index (χ1) is 37.3. The molecular weight excluding hydrogens is 949 g/mol. The van der Waals surface area contributed by atoms with Gasteiger partial charge in [-0.15, -0.1) is 0 Å². The number of rotatable bonds is 34. The molecule has 0 bridgehead atoms. The Kier molecular flexibility index (Phi) is 25.7. The van der Waals surface area contributed by atoms with E-state index in [1.54, 1.807) is 0 Å². The first-order valence-corrected chi connectivity index (χ1v) is 31.6. The van der Waals surface area contributed by atoms with Gasteiger partial charge in [0.25, 0.3) is 0 Å². The van der Waals surface area contributed by atoms with E-state index in [1.165, 1.54) is 193 Å². The first-order valence-electron chi connectivity index (χ1n) is 31.6. The number of aromatic nitrogens is 6. The predicted octanol–water partition coefficient (Wildman–Crippen LogP) is 13.4. The zero-order valence-corrected chi connectivity index (χ0v) is 48.2. The van der Waals surface area contributed by atoms with E-state index >= 15 is 0 Å². The lowest BCUT2D eigenvalue weighted by molar-refractivity contribution is 0.449. The number of aryl methyl sites for hydroxylation is 3. The van der Waals surface area contributed by atoms with Gasteiger partial charge in [0.15, 0.2) is 34.7 Å². The molecule has 6 aliphatic rings. The molecule has 9 rings (SSSR count). The van der Waals surface area contributed by atoms with Crippen LogP contribution >= 0.6 is 0 Å². The summed E-state index contributed by atoms with van der Waals surface area (Å²) in [4.78, 5) is 40.7. The molecule has 0 radical (unpaired) electrons. The largest absolute Gasteiger partial charge is 0.503 e. The van der Waals surface area contributed by atoms with Gasteiger partial charge in [0, 0.05) is 78.5 Å². The fourth-order valence-corrected chi connectivity index (χ4v) is 10.7. The fourth-order valence-electron chi connectivity index (χ4n) is 10.7. The van der Waals surface area contributed by atoms with Crippen molar-refractivity contribution in [1.29, 1.82) is 0 Å². The Labute approximate surface area is 460 Å². The van der Waals surface area contributed by atoms with E-state index in [2.05, 4.69) is 63.2 Å². The molecule has 0 atom stereocenters. The summed E-state index contributed by atoms with van der Waals surface area (Å²) in [6.07, 6.45) is 44.3. The molecule has 0 amide bonds. The van der Waals surface area contributed by atoms with Gasteiger partial charge >= 0.3 is 0 Å². The third-order valence-electron chi connectivity index (χ3n) is 16.8. The highest BCUT2D eigenvalue weighted by atomic mass is 16.3. The van der Waals surface area contributed by atoms with Crippen LogP contribution in [0.15, 0.2) is 0 Å². The highest BCUT2D eigenvalue weighted by Gasteiger charge is 2.29. The number of nitrogens with zero attached hydrogens (tertiary/aromatic N) is 12. The van der Waals surface area contributed by atoms with Gasteiger partial charge in [-0.3, -0.25) is 0 Å². The smallest absolute Gasteiger partial charge is 0.227 e. The summed E-state index contributed by atoms with van der Waals surface area (Å²) < 4.78 is 0. The second-order valence-electron chi connectivity index (χ2n) is 23.1. The maximum Gasteiger partial charge on any atom is 0.227 e. The Balaban J connectivity index is 0.000000174. The standard InChI is InChI=1S/C26H46N4O.C24H42N4O.C11H16N4O/c1-2-3-4-5-6-7-8-9-10-11-12-13-14-15-18-23-24(31)25(29-19-16-20-29)28-26(27-23)30-21-17-22-30;1-2-3-4-5-6-7-8-9-10-11-12-13-16-21-22(29)23(27-17-14-18-27)26-24(25-21)28-19-15-20-28;1-8-9(16)10(14-4-2-5-14)13-11(12-8)15-6-3-7-15/h31H,2-22H2,1H3;29H,2-20H2,1H3;16H,2-7H2,1H3. The van der Waals surface area contributed by atoms with Crippen LogP contribution in [0.2, 0.25) is 0 Å². The SMILES string of the molecule is CCCCCCCCCCCCCCCCc1nc(N2CCC2)nc(N2CCC2)c1O.CCCCCCCCCCCCCCc1nc(N2CCC2)nc(N2CCC2)c1O.Cc1nc(N2CCC2)nc(N2CCC2)c1O. The maximum atomic E-state index is 10.7. The van der Waals surface area contributed by atoms with Crippen LogP contribution in [0.25, 0.3) is 0 Å². The van der Waals surface area contributed by atoms with E-state index in [-0.39, 0.29) is 5.75 Å². The quantitative estimate of drug-likeness (QED) is 0.0485. The Hall–Kier alpha value is -4.56. The number of anilines is 6. The van der Waals surface area contributed by atoms with Gasteiger partial charge in [-0.25, -0.2) is 15.0 Å². The van der Waals surface area contributed by atoms with Gasteiger partial charge in [0.05, 0.1) is 17.1 Å². The summed E-state index contributed by atoms with van der Waals surface area (Å²) in [7, 11) is 0. The average molecular weight is 1050 g/mol. The molecular formula is C61H104N12O3. The molecule has 0 aliphatic carbocycles. The molecule has 15 heteroatoms. The zero-order chi connectivity index (χ0) is 53.2. The topological polar surface area (TPSA) is 157 Å². The minimum atomic E-state index is 0.240. The van der Waals surface area contributed by atoms with Crippen molar-refractivity contribution in [3.8, 4) is 17.2 Å². The minimum absolute atomic E-state index is 0.240. The third kappa shape index (κ3) is 18.3. The molecule has 0 spiro atoms. The van der Waals surface area contributed by atoms with Gasteiger partial charge in [-0.1, -0.05) is 168 Å². The molecule has 15 nitrogen and oxygen atoms in total. The van der Waals surface area contributed by atoms with Crippen molar-refractivity contribution in [2.24, 2.45) is 0 Å². The summed E-state index contributed by atoms with van der Waals surface area (Å²) >= 11 is 0. The third-order valence-corrected chi connectivity index (χ3v) is 16.8. The van der Waals surface area contributed by atoms with Crippen LogP contribution in [-0.2, 0) is 12.8 Å². The summed E-state index contributed by atoms with van der Waals surface area (Å²) in [5.74, 6) is 5.56. The Bertz CT molecular complexity index is 2100. The van der Waals surface area contributed by atoms with Gasteiger partial charge in [-0.2, -0.15) is 15.0 Å². The van der Waals surface area contributed by atoms with E-state index < -0.39 is 0 Å². The van der Waals surface area contributed by atoms with Crippen molar-refractivity contribution >= 4 is 35.3 Å². The predicted molar refractivity (Wildman–Crippen MR) is 316 cm³/mol. The Morgan fingerprint density at radius 1 is 0.289 bits per heavy atom. The molecule has 76 heavy (non-hydrogen) atoms. The lowest BCUT2D eigenvalue weighted by atomic mass is 10.0. The molecule has 6 aliphatic heterocycles. The van der Waals surface area contributed by atoms with E-state index in [1.807, 2.05) is 6.92 Å². The molecule has 3 aromatic heterocycles. The number of unbranched alkanes of at least 4 members (excludes halogenated alkanes) is 24. The molecule has 9 heterocycles. The van der Waals surface area contributed by atoms with Crippen molar-refractivity contribution in [3.05, 3.63) is 17.1 Å². The normalized spacial score (nSPS) is 16.6. The van der Waals surface area contributed by atoms with E-state index in [4.69, 9.17) is 9.97 Å². The van der Waals surface area contributed by atoms with E-state index in [0.29, 0.717) is 23.0 Å². The molecule has 6 saturated heterocycles. The highest BCUT2D eigenvalue weighted by molar-refractivity contribution is 5.61. The molecule has 0 unspecified atom stereocenters.